The van der Waals surface area contributed by atoms with Gasteiger partial charge in [-0.1, -0.05) is 29.3 Å². The second kappa shape index (κ2) is 6.53. The summed E-state index contributed by atoms with van der Waals surface area (Å²) in [5.74, 6) is -1.36. The topological polar surface area (TPSA) is 92.7 Å². The van der Waals surface area contributed by atoms with E-state index in [2.05, 4.69) is 4.74 Å². The first kappa shape index (κ1) is 16.2. The van der Waals surface area contributed by atoms with E-state index in [0.717, 1.165) is 0 Å². The lowest BCUT2D eigenvalue weighted by atomic mass is 10.3. The first-order chi connectivity index (χ1) is 8.79. The number of halogens is 2. The normalized spacial score (nSPS) is 13.2. The average molecular weight is 328 g/mol. The zero-order valence-electron chi connectivity index (χ0n) is 9.76. The van der Waals surface area contributed by atoms with Crippen molar-refractivity contribution >= 4 is 39.2 Å². The summed E-state index contributed by atoms with van der Waals surface area (Å²) in [5.41, 5.74) is 0. The fourth-order valence-corrected chi connectivity index (χ4v) is 3.20. The molecule has 1 aromatic rings. The van der Waals surface area contributed by atoms with Crippen molar-refractivity contribution in [2.45, 2.75) is 10.9 Å². The number of nitrogens with one attached hydrogen (secondary N) is 1. The van der Waals surface area contributed by atoms with Crippen LogP contribution in [0.3, 0.4) is 0 Å². The molecule has 0 amide bonds. The first-order valence-corrected chi connectivity index (χ1v) is 7.21. The highest BCUT2D eigenvalue weighted by Crippen LogP contribution is 2.28. The van der Waals surface area contributed by atoms with Gasteiger partial charge in [0.05, 0.1) is 16.7 Å². The summed E-state index contributed by atoms with van der Waals surface area (Å²) in [7, 11) is -2.85. The number of carboxylic acid groups (broad SMARTS) is 1. The molecule has 0 aliphatic heterocycles. The Kier molecular flexibility index (Phi) is 5.57. The summed E-state index contributed by atoms with van der Waals surface area (Å²) in [5, 5.41) is 8.76. The van der Waals surface area contributed by atoms with Gasteiger partial charge in [0.2, 0.25) is 10.0 Å². The number of sulfonamides is 1. The fourth-order valence-electron chi connectivity index (χ4n) is 1.26. The van der Waals surface area contributed by atoms with Gasteiger partial charge in [-0.05, 0) is 12.1 Å². The van der Waals surface area contributed by atoms with Crippen LogP contribution in [0.15, 0.2) is 23.1 Å². The smallest absolute Gasteiger partial charge is 0.324 e. The third kappa shape index (κ3) is 4.05. The highest BCUT2D eigenvalue weighted by atomic mass is 35.5. The van der Waals surface area contributed by atoms with Gasteiger partial charge in [0.25, 0.3) is 0 Å². The maximum Gasteiger partial charge on any atom is 0.324 e. The van der Waals surface area contributed by atoms with Gasteiger partial charge in [-0.25, -0.2) is 8.42 Å². The van der Waals surface area contributed by atoms with Crippen LogP contribution in [0.5, 0.6) is 0 Å². The van der Waals surface area contributed by atoms with Gasteiger partial charge in [0, 0.05) is 7.11 Å². The molecule has 1 unspecified atom stereocenters. The van der Waals surface area contributed by atoms with Crippen molar-refractivity contribution in [2.75, 3.05) is 13.7 Å². The second-order valence-electron chi connectivity index (χ2n) is 3.52. The van der Waals surface area contributed by atoms with Crippen LogP contribution in [0.25, 0.3) is 0 Å². The molecule has 0 saturated carbocycles. The Labute approximate surface area is 120 Å². The molecule has 0 aliphatic rings. The molecule has 1 atom stereocenters. The van der Waals surface area contributed by atoms with E-state index >= 15 is 0 Å². The molecule has 0 heterocycles. The fraction of sp³-hybridized carbons (Fsp3) is 0.300. The number of carbonyl (C=O) groups is 1. The van der Waals surface area contributed by atoms with Crippen LogP contribution in [0.1, 0.15) is 0 Å². The van der Waals surface area contributed by atoms with Gasteiger partial charge >= 0.3 is 5.97 Å². The van der Waals surface area contributed by atoms with Crippen molar-refractivity contribution < 1.29 is 23.1 Å². The molecule has 0 fully saturated rings. The van der Waals surface area contributed by atoms with E-state index in [9.17, 15) is 13.2 Å². The van der Waals surface area contributed by atoms with Crippen LogP contribution in [0.4, 0.5) is 0 Å². The Balaban J connectivity index is 3.10. The maximum absolute atomic E-state index is 12.0. The Morgan fingerprint density at radius 2 is 2.11 bits per heavy atom. The molecular formula is C10H11Cl2NO5S. The minimum Gasteiger partial charge on any atom is -0.480 e. The van der Waals surface area contributed by atoms with Crippen molar-refractivity contribution in [1.82, 2.24) is 4.72 Å². The van der Waals surface area contributed by atoms with Crippen LogP contribution in [-0.4, -0.2) is 39.3 Å². The Bertz CT molecular complexity index is 575. The van der Waals surface area contributed by atoms with E-state index in [1.165, 1.54) is 25.3 Å². The average Bonchev–Trinajstić information content (AvgIpc) is 2.31. The summed E-state index contributed by atoms with van der Waals surface area (Å²) >= 11 is 11.5. The summed E-state index contributed by atoms with van der Waals surface area (Å²) in [6.07, 6.45) is 0. The predicted octanol–water partition coefficient (Wildman–Crippen LogP) is 1.37. The SMILES string of the molecule is COCC(NS(=O)(=O)c1cccc(Cl)c1Cl)C(=O)O. The molecule has 0 radical (unpaired) electrons. The number of methoxy groups -OCH3 is 1. The van der Waals surface area contributed by atoms with Crippen molar-refractivity contribution in [2.24, 2.45) is 0 Å². The summed E-state index contributed by atoms with van der Waals surface area (Å²) in [4.78, 5) is 10.6. The van der Waals surface area contributed by atoms with E-state index in [4.69, 9.17) is 28.3 Å². The molecule has 2 N–H and O–H groups in total. The second-order valence-corrected chi connectivity index (χ2v) is 5.99. The van der Waals surface area contributed by atoms with Gasteiger partial charge < -0.3 is 9.84 Å². The molecule has 9 heteroatoms. The molecule has 0 spiro atoms. The van der Waals surface area contributed by atoms with Crippen molar-refractivity contribution in [1.29, 1.82) is 0 Å². The van der Waals surface area contributed by atoms with Crippen molar-refractivity contribution in [3.05, 3.63) is 28.2 Å². The van der Waals surface area contributed by atoms with Crippen LogP contribution in [0.2, 0.25) is 10.0 Å². The van der Waals surface area contributed by atoms with Gasteiger partial charge in [0.15, 0.2) is 0 Å². The number of hydrogen-bond donors (Lipinski definition) is 2. The number of ether oxygens (including phenoxy) is 1. The molecule has 0 aliphatic carbocycles. The molecule has 1 aromatic carbocycles. The van der Waals surface area contributed by atoms with Crippen LogP contribution in [-0.2, 0) is 19.6 Å². The highest BCUT2D eigenvalue weighted by molar-refractivity contribution is 7.89. The third-order valence-electron chi connectivity index (χ3n) is 2.13. The monoisotopic (exact) mass is 327 g/mol. The van der Waals surface area contributed by atoms with Gasteiger partial charge in [-0.2, -0.15) is 4.72 Å². The molecular weight excluding hydrogens is 317 g/mol. The zero-order chi connectivity index (χ0) is 14.6. The number of rotatable bonds is 6. The largest absolute Gasteiger partial charge is 0.480 e. The van der Waals surface area contributed by atoms with E-state index < -0.39 is 22.0 Å². The summed E-state index contributed by atoms with van der Waals surface area (Å²) < 4.78 is 30.7. The van der Waals surface area contributed by atoms with Crippen molar-refractivity contribution in [3.63, 3.8) is 0 Å². The minimum atomic E-state index is -4.11. The van der Waals surface area contributed by atoms with E-state index in [-0.39, 0.29) is 21.5 Å². The highest BCUT2D eigenvalue weighted by Gasteiger charge is 2.27. The van der Waals surface area contributed by atoms with Gasteiger partial charge in [0.1, 0.15) is 10.9 Å². The standard InChI is InChI=1S/C10H11Cl2NO5S/c1-18-5-7(10(14)15)13-19(16,17)8-4-2-3-6(11)9(8)12/h2-4,7,13H,5H2,1H3,(H,14,15). The number of carboxylic acids is 1. The summed E-state index contributed by atoms with van der Waals surface area (Å²) in [6, 6.07) is 2.63. The molecule has 0 bridgehead atoms. The van der Waals surface area contributed by atoms with E-state index in [0.29, 0.717) is 0 Å². The Morgan fingerprint density at radius 3 is 2.63 bits per heavy atom. The van der Waals surface area contributed by atoms with Crippen LogP contribution >= 0.6 is 23.2 Å². The van der Waals surface area contributed by atoms with E-state index in [1.54, 1.807) is 0 Å². The third-order valence-corrected chi connectivity index (χ3v) is 4.58. The molecule has 6 nitrogen and oxygen atoms in total. The maximum atomic E-state index is 12.0. The minimum absolute atomic E-state index is 0.0585. The first-order valence-electron chi connectivity index (χ1n) is 4.97. The van der Waals surface area contributed by atoms with Crippen LogP contribution < -0.4 is 4.72 Å². The van der Waals surface area contributed by atoms with Crippen molar-refractivity contribution in [3.8, 4) is 0 Å². The molecule has 0 aromatic heterocycles. The van der Waals surface area contributed by atoms with Crippen LogP contribution in [0, 0.1) is 0 Å². The zero-order valence-corrected chi connectivity index (χ0v) is 12.1. The lowest BCUT2D eigenvalue weighted by molar-refractivity contribution is -0.140. The molecule has 19 heavy (non-hydrogen) atoms. The summed E-state index contributed by atoms with van der Waals surface area (Å²) in [6.45, 7) is -0.313. The molecule has 106 valence electrons. The van der Waals surface area contributed by atoms with E-state index in [1.807, 2.05) is 4.72 Å². The number of benzene rings is 1. The molecule has 1 rings (SSSR count). The lowest BCUT2D eigenvalue weighted by Gasteiger charge is -2.14. The lowest BCUT2D eigenvalue weighted by Crippen LogP contribution is -2.43. The predicted molar refractivity (Wildman–Crippen MR) is 70.1 cm³/mol. The quantitative estimate of drug-likeness (QED) is 0.823. The molecule has 0 saturated heterocycles. The Hall–Kier alpha value is -0.860. The van der Waals surface area contributed by atoms with Gasteiger partial charge in [-0.3, -0.25) is 4.79 Å². The van der Waals surface area contributed by atoms with Gasteiger partial charge in [-0.15, -0.1) is 0 Å². The number of hydrogen-bond acceptors (Lipinski definition) is 4. The number of aliphatic carboxylic acids is 1. The Morgan fingerprint density at radius 1 is 1.47 bits per heavy atom.